The fourth-order valence-corrected chi connectivity index (χ4v) is 3.05. The minimum Gasteiger partial charge on any atom is -0.314 e. The van der Waals surface area contributed by atoms with E-state index in [-0.39, 0.29) is 0 Å². The minimum absolute atomic E-state index is 0.605. The molecule has 1 aromatic heterocycles. The maximum absolute atomic E-state index is 4.44. The summed E-state index contributed by atoms with van der Waals surface area (Å²) in [5.41, 5.74) is 0. The van der Waals surface area contributed by atoms with Gasteiger partial charge in [-0.1, -0.05) is 27.7 Å². The van der Waals surface area contributed by atoms with Crippen LogP contribution >= 0.6 is 0 Å². The molecule has 0 bridgehead atoms. The second-order valence-corrected chi connectivity index (χ2v) is 6.42. The molecule has 0 amide bonds. The summed E-state index contributed by atoms with van der Waals surface area (Å²) in [6, 6.07) is 0.671. The van der Waals surface area contributed by atoms with E-state index in [0.29, 0.717) is 17.9 Å². The van der Waals surface area contributed by atoms with Crippen LogP contribution in [0.4, 0.5) is 0 Å². The van der Waals surface area contributed by atoms with Gasteiger partial charge in [0.2, 0.25) is 0 Å². The Morgan fingerprint density at radius 1 is 1.45 bits per heavy atom. The molecule has 5 nitrogen and oxygen atoms in total. The van der Waals surface area contributed by atoms with Crippen LogP contribution in [0, 0.1) is 11.8 Å². The van der Waals surface area contributed by atoms with Crippen LogP contribution in [-0.2, 0) is 13.1 Å². The zero-order valence-corrected chi connectivity index (χ0v) is 13.3. The molecule has 2 unspecified atom stereocenters. The number of aromatic nitrogens is 3. The number of nitrogens with one attached hydrogen (secondary N) is 1. The second kappa shape index (κ2) is 7.18. The Balaban J connectivity index is 1.90. The lowest BCUT2D eigenvalue weighted by Crippen LogP contribution is -2.48. The number of hydrogen-bond donors (Lipinski definition) is 1. The van der Waals surface area contributed by atoms with Crippen molar-refractivity contribution in [3.05, 3.63) is 12.2 Å². The molecule has 114 valence electrons. The molecule has 0 aliphatic carbocycles. The van der Waals surface area contributed by atoms with E-state index in [1.807, 2.05) is 0 Å². The van der Waals surface area contributed by atoms with E-state index in [2.05, 4.69) is 52.7 Å². The average Bonchev–Trinajstić information content (AvgIpc) is 2.79. The smallest absolute Gasteiger partial charge is 0.141 e. The Labute approximate surface area is 122 Å². The van der Waals surface area contributed by atoms with Crippen molar-refractivity contribution in [2.75, 3.05) is 19.6 Å². The molecule has 2 atom stereocenters. The number of rotatable bonds is 6. The molecule has 1 aliphatic heterocycles. The summed E-state index contributed by atoms with van der Waals surface area (Å²) in [7, 11) is 0. The Morgan fingerprint density at radius 2 is 2.25 bits per heavy atom. The first-order valence-electron chi connectivity index (χ1n) is 7.92. The van der Waals surface area contributed by atoms with Crippen molar-refractivity contribution >= 4 is 0 Å². The Hall–Kier alpha value is -0.940. The highest BCUT2D eigenvalue weighted by atomic mass is 15.3. The van der Waals surface area contributed by atoms with Crippen molar-refractivity contribution < 1.29 is 0 Å². The third-order valence-corrected chi connectivity index (χ3v) is 4.05. The molecule has 1 N–H and O–H groups in total. The number of likely N-dealkylation sites (tertiary alicyclic amines) is 1. The second-order valence-electron chi connectivity index (χ2n) is 6.42. The lowest BCUT2D eigenvalue weighted by Gasteiger charge is -2.37. The monoisotopic (exact) mass is 279 g/mol. The molecule has 20 heavy (non-hydrogen) atoms. The highest BCUT2D eigenvalue weighted by Gasteiger charge is 2.26. The van der Waals surface area contributed by atoms with Gasteiger partial charge in [0.25, 0.3) is 0 Å². The van der Waals surface area contributed by atoms with Crippen molar-refractivity contribution in [1.29, 1.82) is 0 Å². The molecule has 0 aromatic carbocycles. The molecule has 2 heterocycles. The first-order chi connectivity index (χ1) is 9.60. The molecule has 2 rings (SSSR count). The zero-order chi connectivity index (χ0) is 14.5. The fraction of sp³-hybridized carbons (Fsp3) is 0.867. The van der Waals surface area contributed by atoms with Gasteiger partial charge in [-0.25, -0.2) is 9.67 Å². The van der Waals surface area contributed by atoms with E-state index in [9.17, 15) is 0 Å². The predicted octanol–water partition coefficient (Wildman–Crippen LogP) is 1.75. The maximum atomic E-state index is 4.44. The Kier molecular flexibility index (Phi) is 5.54. The van der Waals surface area contributed by atoms with Crippen molar-refractivity contribution in [1.82, 2.24) is 25.0 Å². The van der Waals surface area contributed by atoms with E-state index >= 15 is 0 Å². The van der Waals surface area contributed by atoms with Gasteiger partial charge in [0.15, 0.2) is 0 Å². The molecule has 1 aliphatic rings. The zero-order valence-electron chi connectivity index (χ0n) is 13.3. The van der Waals surface area contributed by atoms with Crippen LogP contribution in [0.5, 0.6) is 0 Å². The van der Waals surface area contributed by atoms with E-state index in [4.69, 9.17) is 0 Å². The van der Waals surface area contributed by atoms with Gasteiger partial charge in [0.1, 0.15) is 12.2 Å². The molecular weight excluding hydrogens is 250 g/mol. The van der Waals surface area contributed by atoms with Crippen LogP contribution in [0.3, 0.4) is 0 Å². The van der Waals surface area contributed by atoms with Gasteiger partial charge in [0, 0.05) is 25.7 Å². The Bertz CT molecular complexity index is 401. The van der Waals surface area contributed by atoms with Crippen LogP contribution in [0.15, 0.2) is 6.33 Å². The van der Waals surface area contributed by atoms with Crippen molar-refractivity contribution in [2.45, 2.75) is 53.2 Å². The normalized spacial score (nSPS) is 24.4. The molecule has 0 saturated carbocycles. The summed E-state index contributed by atoms with van der Waals surface area (Å²) in [5.74, 6) is 2.41. The summed E-state index contributed by atoms with van der Waals surface area (Å²) in [5, 5.41) is 7.94. The average molecular weight is 279 g/mol. The number of hydrogen-bond acceptors (Lipinski definition) is 4. The van der Waals surface area contributed by atoms with Crippen LogP contribution in [-0.4, -0.2) is 45.3 Å². The molecule has 1 aromatic rings. The first-order valence-corrected chi connectivity index (χ1v) is 7.92. The van der Waals surface area contributed by atoms with Gasteiger partial charge in [-0.05, 0) is 24.8 Å². The molecule has 0 radical (unpaired) electrons. The third kappa shape index (κ3) is 4.03. The number of piperidine rings is 1. The van der Waals surface area contributed by atoms with Crippen molar-refractivity contribution in [3.8, 4) is 0 Å². The van der Waals surface area contributed by atoms with E-state index in [0.717, 1.165) is 38.5 Å². The fourth-order valence-electron chi connectivity index (χ4n) is 3.05. The summed E-state index contributed by atoms with van der Waals surface area (Å²) >= 11 is 0. The standard InChI is InChI=1S/C15H29N5/c1-5-16-14-6-7-19(9-13(14)4)10-15-17-11-18-20(15)8-12(2)3/h11-14,16H,5-10H2,1-4H3. The summed E-state index contributed by atoms with van der Waals surface area (Å²) in [4.78, 5) is 6.95. The van der Waals surface area contributed by atoms with Crippen LogP contribution in [0.2, 0.25) is 0 Å². The topological polar surface area (TPSA) is 46.0 Å². The van der Waals surface area contributed by atoms with Gasteiger partial charge in [0.05, 0.1) is 6.54 Å². The summed E-state index contributed by atoms with van der Waals surface area (Å²) < 4.78 is 2.06. The number of nitrogens with zero attached hydrogens (tertiary/aromatic N) is 4. The maximum Gasteiger partial charge on any atom is 0.141 e. The molecule has 5 heteroatoms. The molecule has 1 saturated heterocycles. The van der Waals surface area contributed by atoms with Gasteiger partial charge in [-0.3, -0.25) is 4.90 Å². The van der Waals surface area contributed by atoms with Gasteiger partial charge in [-0.2, -0.15) is 5.10 Å². The molecule has 0 spiro atoms. The predicted molar refractivity (Wildman–Crippen MR) is 81.4 cm³/mol. The van der Waals surface area contributed by atoms with E-state index in [1.165, 1.54) is 6.42 Å². The van der Waals surface area contributed by atoms with Gasteiger partial charge in [-0.15, -0.1) is 0 Å². The summed E-state index contributed by atoms with van der Waals surface area (Å²) in [6.45, 7) is 14.2. The SMILES string of the molecule is CCNC1CCN(Cc2ncnn2CC(C)C)CC1C. The quantitative estimate of drug-likeness (QED) is 0.862. The largest absolute Gasteiger partial charge is 0.314 e. The third-order valence-electron chi connectivity index (χ3n) is 4.05. The van der Waals surface area contributed by atoms with Crippen LogP contribution in [0.25, 0.3) is 0 Å². The van der Waals surface area contributed by atoms with Crippen LogP contribution < -0.4 is 5.32 Å². The van der Waals surface area contributed by atoms with Crippen LogP contribution in [0.1, 0.15) is 39.9 Å². The molecule has 1 fully saturated rings. The highest BCUT2D eigenvalue weighted by Crippen LogP contribution is 2.18. The Morgan fingerprint density at radius 3 is 2.90 bits per heavy atom. The lowest BCUT2D eigenvalue weighted by atomic mass is 9.94. The van der Waals surface area contributed by atoms with Crippen molar-refractivity contribution in [2.24, 2.45) is 11.8 Å². The summed E-state index contributed by atoms with van der Waals surface area (Å²) in [6.07, 6.45) is 2.92. The lowest BCUT2D eigenvalue weighted by molar-refractivity contribution is 0.137. The van der Waals surface area contributed by atoms with E-state index in [1.54, 1.807) is 6.33 Å². The first kappa shape index (κ1) is 15.4. The van der Waals surface area contributed by atoms with Gasteiger partial charge < -0.3 is 5.32 Å². The van der Waals surface area contributed by atoms with Crippen molar-refractivity contribution in [3.63, 3.8) is 0 Å². The highest BCUT2D eigenvalue weighted by molar-refractivity contribution is 4.89. The molecular formula is C15H29N5. The minimum atomic E-state index is 0.605. The van der Waals surface area contributed by atoms with E-state index < -0.39 is 0 Å². The van der Waals surface area contributed by atoms with Gasteiger partial charge >= 0.3 is 0 Å².